The van der Waals surface area contributed by atoms with Gasteiger partial charge in [0.15, 0.2) is 0 Å². The van der Waals surface area contributed by atoms with Gasteiger partial charge in [-0.3, -0.25) is 14.5 Å². The summed E-state index contributed by atoms with van der Waals surface area (Å²) in [5, 5.41) is 18.8. The first-order valence-electron chi connectivity index (χ1n) is 8.80. The molecule has 4 rings (SSSR count). The van der Waals surface area contributed by atoms with Gasteiger partial charge >= 0.3 is 0 Å². The fraction of sp³-hybridized carbons (Fsp3) is 0.0909. The lowest BCUT2D eigenvalue weighted by molar-refractivity contribution is -0.123. The number of carbonyl (C=O) groups is 2. The number of carbonyl (C=O) groups excluding carboxylic acids is 2. The highest BCUT2D eigenvalue weighted by molar-refractivity contribution is 8.18. The van der Waals surface area contributed by atoms with E-state index in [0.717, 1.165) is 33.1 Å². The summed E-state index contributed by atoms with van der Waals surface area (Å²) in [7, 11) is 0. The number of nitrogens with zero attached hydrogens (tertiary/aromatic N) is 4. The molecule has 6 nitrogen and oxygen atoms in total. The van der Waals surface area contributed by atoms with Gasteiger partial charge in [0.25, 0.3) is 11.1 Å². The number of imide groups is 1. The van der Waals surface area contributed by atoms with E-state index in [1.54, 1.807) is 30.3 Å². The minimum Gasteiger partial charge on any atom is -0.333 e. The zero-order valence-corrected chi connectivity index (χ0v) is 16.0. The monoisotopic (exact) mass is 398 g/mol. The molecule has 3 aromatic rings. The quantitative estimate of drug-likeness (QED) is 0.612. The number of rotatable bonds is 4. The summed E-state index contributed by atoms with van der Waals surface area (Å²) in [4.78, 5) is 26.8. The van der Waals surface area contributed by atoms with Gasteiger partial charge in [-0.1, -0.05) is 36.4 Å². The smallest absolute Gasteiger partial charge is 0.293 e. The van der Waals surface area contributed by atoms with Crippen molar-refractivity contribution in [3.63, 3.8) is 0 Å². The Labute approximate surface area is 171 Å². The number of hydrogen-bond donors (Lipinski definition) is 0. The zero-order chi connectivity index (χ0) is 20.4. The largest absolute Gasteiger partial charge is 0.333 e. The number of aromatic nitrogens is 1. The van der Waals surface area contributed by atoms with Crippen LogP contribution in [0.5, 0.6) is 0 Å². The van der Waals surface area contributed by atoms with Crippen molar-refractivity contribution in [2.24, 2.45) is 0 Å². The highest BCUT2D eigenvalue weighted by Crippen LogP contribution is 2.35. The van der Waals surface area contributed by atoms with Crippen LogP contribution in [-0.2, 0) is 17.9 Å². The van der Waals surface area contributed by atoms with Gasteiger partial charge in [-0.05, 0) is 35.5 Å². The summed E-state index contributed by atoms with van der Waals surface area (Å²) in [5.41, 5.74) is 2.74. The van der Waals surface area contributed by atoms with E-state index in [0.29, 0.717) is 16.0 Å². The Balaban J connectivity index is 1.68. The van der Waals surface area contributed by atoms with E-state index in [-0.39, 0.29) is 24.2 Å². The molecule has 1 saturated heterocycles. The van der Waals surface area contributed by atoms with Gasteiger partial charge < -0.3 is 4.57 Å². The van der Waals surface area contributed by atoms with Gasteiger partial charge in [-0.15, -0.1) is 0 Å². The molecule has 0 spiro atoms. The van der Waals surface area contributed by atoms with Crippen LogP contribution in [0, 0.1) is 22.7 Å². The Morgan fingerprint density at radius 2 is 1.79 bits per heavy atom. The number of benzene rings is 2. The molecule has 140 valence electrons. The Hall–Kier alpha value is -3.81. The molecular formula is C22H14N4O2S. The molecule has 1 aromatic heterocycles. The van der Waals surface area contributed by atoms with Gasteiger partial charge in [0.05, 0.1) is 29.2 Å². The molecule has 0 bridgehead atoms. The van der Waals surface area contributed by atoms with Crippen LogP contribution in [0.1, 0.15) is 16.7 Å². The molecule has 0 atom stereocenters. The number of para-hydroxylation sites is 1. The van der Waals surface area contributed by atoms with E-state index >= 15 is 0 Å². The fourth-order valence-electron chi connectivity index (χ4n) is 3.31. The first kappa shape index (κ1) is 18.5. The highest BCUT2D eigenvalue weighted by atomic mass is 32.2. The van der Waals surface area contributed by atoms with E-state index in [4.69, 9.17) is 5.26 Å². The normalized spacial score (nSPS) is 15.1. The molecule has 0 N–H and O–H groups in total. The van der Waals surface area contributed by atoms with Crippen molar-refractivity contribution < 1.29 is 9.59 Å². The van der Waals surface area contributed by atoms with Crippen LogP contribution in [0.25, 0.3) is 17.0 Å². The van der Waals surface area contributed by atoms with Crippen LogP contribution in [0.15, 0.2) is 59.6 Å². The zero-order valence-electron chi connectivity index (χ0n) is 15.2. The lowest BCUT2D eigenvalue weighted by Crippen LogP contribution is -2.27. The van der Waals surface area contributed by atoms with E-state index in [1.165, 1.54) is 0 Å². The third-order valence-electron chi connectivity index (χ3n) is 4.69. The topological polar surface area (TPSA) is 89.9 Å². The Kier molecular flexibility index (Phi) is 4.90. The van der Waals surface area contributed by atoms with Crippen molar-refractivity contribution in [2.75, 3.05) is 0 Å². The molecule has 2 heterocycles. The van der Waals surface area contributed by atoms with Gasteiger partial charge in [0.2, 0.25) is 0 Å². The average molecular weight is 398 g/mol. The molecule has 0 unspecified atom stereocenters. The minimum atomic E-state index is -0.384. The predicted molar refractivity (Wildman–Crippen MR) is 110 cm³/mol. The summed E-state index contributed by atoms with van der Waals surface area (Å²) in [6, 6.07) is 18.7. The lowest BCUT2D eigenvalue weighted by Gasteiger charge is -2.13. The van der Waals surface area contributed by atoms with E-state index in [1.807, 2.05) is 35.0 Å². The van der Waals surface area contributed by atoms with Crippen LogP contribution in [-0.4, -0.2) is 20.6 Å². The number of thioether (sulfide) groups is 1. The predicted octanol–water partition coefficient (Wildman–Crippen LogP) is 4.27. The van der Waals surface area contributed by atoms with Gasteiger partial charge in [-0.25, -0.2) is 0 Å². The van der Waals surface area contributed by atoms with Gasteiger partial charge in [0.1, 0.15) is 6.54 Å². The summed E-state index contributed by atoms with van der Waals surface area (Å²) >= 11 is 0.882. The molecule has 1 fully saturated rings. The standard InChI is InChI=1S/C22H14N4O2S/c23-9-10-25-13-17(18-7-3-4-8-19(18)25)11-20-21(27)26(22(28)29-20)14-16-6-2-1-5-15(16)12-24/h1-8,11,13H,10,14H2/b20-11+. The number of nitriles is 2. The number of amides is 2. The average Bonchev–Trinajstić information content (AvgIpc) is 3.21. The second-order valence-corrected chi connectivity index (χ2v) is 7.42. The maximum absolute atomic E-state index is 12.9. The maximum Gasteiger partial charge on any atom is 0.293 e. The first-order valence-corrected chi connectivity index (χ1v) is 9.62. The molecule has 2 aromatic carbocycles. The van der Waals surface area contributed by atoms with E-state index in [9.17, 15) is 14.9 Å². The summed E-state index contributed by atoms with van der Waals surface area (Å²) in [6.45, 7) is 0.253. The molecule has 0 radical (unpaired) electrons. The molecule has 7 heteroatoms. The Morgan fingerprint density at radius 3 is 2.59 bits per heavy atom. The van der Waals surface area contributed by atoms with Crippen LogP contribution in [0.2, 0.25) is 0 Å². The van der Waals surface area contributed by atoms with Gasteiger partial charge in [-0.2, -0.15) is 10.5 Å². The maximum atomic E-state index is 12.9. The first-order chi connectivity index (χ1) is 14.1. The Bertz CT molecular complexity index is 1260. The molecule has 0 saturated carbocycles. The number of hydrogen-bond acceptors (Lipinski definition) is 5. The van der Waals surface area contributed by atoms with Crippen LogP contribution in [0.4, 0.5) is 4.79 Å². The van der Waals surface area contributed by atoms with Crippen LogP contribution in [0.3, 0.4) is 0 Å². The van der Waals surface area contributed by atoms with Crippen molar-refractivity contribution in [2.45, 2.75) is 13.1 Å². The molecule has 29 heavy (non-hydrogen) atoms. The Morgan fingerprint density at radius 1 is 1.03 bits per heavy atom. The second-order valence-electron chi connectivity index (χ2n) is 6.42. The third kappa shape index (κ3) is 3.40. The highest BCUT2D eigenvalue weighted by Gasteiger charge is 2.35. The molecule has 1 aliphatic rings. The van der Waals surface area contributed by atoms with Crippen molar-refractivity contribution >= 4 is 39.9 Å². The fourth-order valence-corrected chi connectivity index (χ4v) is 4.14. The van der Waals surface area contributed by atoms with E-state index < -0.39 is 0 Å². The summed E-state index contributed by atoms with van der Waals surface area (Å²) in [6.07, 6.45) is 3.50. The van der Waals surface area contributed by atoms with Crippen molar-refractivity contribution in [1.82, 2.24) is 9.47 Å². The van der Waals surface area contributed by atoms with Gasteiger partial charge in [0, 0.05) is 22.7 Å². The number of fused-ring (bicyclic) bond motifs is 1. The summed E-state index contributed by atoms with van der Waals surface area (Å²) < 4.78 is 1.81. The van der Waals surface area contributed by atoms with Crippen molar-refractivity contribution in [3.8, 4) is 12.1 Å². The molecule has 1 aliphatic heterocycles. The van der Waals surface area contributed by atoms with Crippen molar-refractivity contribution in [3.05, 3.63) is 76.3 Å². The van der Waals surface area contributed by atoms with Crippen LogP contribution >= 0.6 is 11.8 Å². The van der Waals surface area contributed by atoms with Crippen molar-refractivity contribution in [1.29, 1.82) is 10.5 Å². The second kappa shape index (κ2) is 7.67. The summed E-state index contributed by atoms with van der Waals surface area (Å²) in [5.74, 6) is -0.384. The minimum absolute atomic E-state index is 0.0575. The SMILES string of the molecule is N#CCn1cc(/C=C2/SC(=O)N(Cc3ccccc3C#N)C2=O)c2ccccc21. The molecule has 0 aliphatic carbocycles. The van der Waals surface area contributed by atoms with Crippen LogP contribution < -0.4 is 0 Å². The molecule has 2 amide bonds. The van der Waals surface area contributed by atoms with E-state index in [2.05, 4.69) is 12.1 Å². The lowest BCUT2D eigenvalue weighted by atomic mass is 10.1. The molecular weight excluding hydrogens is 384 g/mol. The third-order valence-corrected chi connectivity index (χ3v) is 5.59.